The zero-order chi connectivity index (χ0) is 9.80. The second-order valence-corrected chi connectivity index (χ2v) is 3.88. The van der Waals surface area contributed by atoms with Crippen LogP contribution < -0.4 is 4.74 Å². The van der Waals surface area contributed by atoms with Crippen LogP contribution in [0.2, 0.25) is 0 Å². The normalized spacial score (nSPS) is 20.6. The molecule has 4 heteroatoms. The Morgan fingerprint density at radius 1 is 1.43 bits per heavy atom. The van der Waals surface area contributed by atoms with Gasteiger partial charge in [-0.05, 0) is 23.9 Å². The second-order valence-electron chi connectivity index (χ2n) is 2.92. The quantitative estimate of drug-likeness (QED) is 0.717. The minimum Gasteiger partial charge on any atom is -0.490 e. The van der Waals surface area contributed by atoms with Crippen molar-refractivity contribution in [2.24, 2.45) is 0 Å². The lowest BCUT2D eigenvalue weighted by atomic mass is 10.3. The second kappa shape index (κ2) is 4.37. The van der Waals surface area contributed by atoms with E-state index in [2.05, 4.69) is 0 Å². The van der Waals surface area contributed by atoms with Crippen molar-refractivity contribution in [1.82, 2.24) is 0 Å². The lowest BCUT2D eigenvalue weighted by Crippen LogP contribution is -2.19. The van der Waals surface area contributed by atoms with Gasteiger partial charge < -0.3 is 9.47 Å². The summed E-state index contributed by atoms with van der Waals surface area (Å²) >= 11 is 1.20. The van der Waals surface area contributed by atoms with Gasteiger partial charge in [0.25, 0.3) is 0 Å². The molecule has 0 spiro atoms. The molecule has 0 aliphatic carbocycles. The van der Waals surface area contributed by atoms with Crippen LogP contribution in [0.25, 0.3) is 0 Å². The molecule has 0 saturated carbocycles. The van der Waals surface area contributed by atoms with Gasteiger partial charge in [0.1, 0.15) is 18.5 Å². The van der Waals surface area contributed by atoms with Crippen LogP contribution >= 0.6 is 11.8 Å². The Morgan fingerprint density at radius 3 is 2.86 bits per heavy atom. The number of cyclic esters (lactones) is 1. The number of hydrogen-bond acceptors (Lipinski definition) is 4. The summed E-state index contributed by atoms with van der Waals surface area (Å²) in [6.07, 6.45) is -0.104. The minimum atomic E-state index is -0.202. The maximum atomic E-state index is 10.7. The van der Waals surface area contributed by atoms with Crippen LogP contribution in [0.1, 0.15) is 0 Å². The molecule has 0 N–H and O–H groups in total. The fourth-order valence-corrected chi connectivity index (χ4v) is 1.84. The average molecular weight is 210 g/mol. The van der Waals surface area contributed by atoms with Crippen LogP contribution in [0.5, 0.6) is 5.75 Å². The molecule has 1 aromatic rings. The first-order chi connectivity index (χ1) is 6.84. The zero-order valence-electron chi connectivity index (χ0n) is 7.51. The largest absolute Gasteiger partial charge is 0.490 e. The molecule has 1 unspecified atom stereocenters. The number of ether oxygens (including phenoxy) is 2. The fraction of sp³-hybridized carbons (Fsp3) is 0.300. The Balaban J connectivity index is 1.80. The summed E-state index contributed by atoms with van der Waals surface area (Å²) in [7, 11) is 0. The predicted octanol–water partition coefficient (Wildman–Crippen LogP) is 2.32. The monoisotopic (exact) mass is 210 g/mol. The third kappa shape index (κ3) is 2.42. The third-order valence-corrected chi connectivity index (χ3v) is 2.70. The lowest BCUT2D eigenvalue weighted by Gasteiger charge is -2.09. The number of thioether (sulfide) groups is 1. The first kappa shape index (κ1) is 9.40. The van der Waals surface area contributed by atoms with E-state index in [1.54, 1.807) is 0 Å². The summed E-state index contributed by atoms with van der Waals surface area (Å²) in [6, 6.07) is 9.50. The molecular weight excluding hydrogens is 200 g/mol. The minimum absolute atomic E-state index is 0.104. The van der Waals surface area contributed by atoms with Gasteiger partial charge >= 0.3 is 5.30 Å². The SMILES string of the molecule is O=C1OC(COc2ccccc2)CS1. The Hall–Kier alpha value is -1.16. The van der Waals surface area contributed by atoms with Gasteiger partial charge in [0.2, 0.25) is 0 Å². The van der Waals surface area contributed by atoms with E-state index in [4.69, 9.17) is 9.47 Å². The van der Waals surface area contributed by atoms with E-state index in [1.165, 1.54) is 11.8 Å². The summed E-state index contributed by atoms with van der Waals surface area (Å²) in [4.78, 5) is 10.7. The molecule has 0 radical (unpaired) electrons. The molecule has 3 nitrogen and oxygen atoms in total. The van der Waals surface area contributed by atoms with Crippen LogP contribution in [0, 0.1) is 0 Å². The molecule has 1 atom stereocenters. The van der Waals surface area contributed by atoms with Gasteiger partial charge in [0, 0.05) is 5.75 Å². The van der Waals surface area contributed by atoms with Gasteiger partial charge in [-0.2, -0.15) is 0 Å². The molecule has 1 fully saturated rings. The van der Waals surface area contributed by atoms with Crippen LogP contribution in [0.4, 0.5) is 4.79 Å². The Labute approximate surface area is 86.4 Å². The van der Waals surface area contributed by atoms with Gasteiger partial charge in [-0.1, -0.05) is 18.2 Å². The van der Waals surface area contributed by atoms with E-state index in [0.29, 0.717) is 12.4 Å². The van der Waals surface area contributed by atoms with E-state index in [9.17, 15) is 4.79 Å². The molecule has 1 aromatic carbocycles. The highest BCUT2D eigenvalue weighted by Crippen LogP contribution is 2.20. The molecule has 1 heterocycles. The molecule has 1 saturated heterocycles. The Kier molecular flexibility index (Phi) is 2.93. The third-order valence-electron chi connectivity index (χ3n) is 1.83. The van der Waals surface area contributed by atoms with Crippen LogP contribution in [-0.4, -0.2) is 23.8 Å². The molecular formula is C10H10O3S. The van der Waals surface area contributed by atoms with E-state index >= 15 is 0 Å². The van der Waals surface area contributed by atoms with E-state index in [1.807, 2.05) is 30.3 Å². The topological polar surface area (TPSA) is 35.5 Å². The Bertz CT molecular complexity index is 312. The molecule has 1 aliphatic rings. The van der Waals surface area contributed by atoms with Crippen molar-refractivity contribution in [3.8, 4) is 5.75 Å². The summed E-state index contributed by atoms with van der Waals surface area (Å²) in [5.41, 5.74) is 0. The van der Waals surface area contributed by atoms with Crippen molar-refractivity contribution in [3.05, 3.63) is 30.3 Å². The molecule has 0 aromatic heterocycles. The highest BCUT2D eigenvalue weighted by atomic mass is 32.2. The summed E-state index contributed by atoms with van der Waals surface area (Å²) in [5.74, 6) is 1.49. The van der Waals surface area contributed by atoms with Crippen molar-refractivity contribution < 1.29 is 14.3 Å². The summed E-state index contributed by atoms with van der Waals surface area (Å²) in [6.45, 7) is 0.433. The maximum absolute atomic E-state index is 10.7. The first-order valence-corrected chi connectivity index (χ1v) is 5.34. The number of carbonyl (C=O) groups excluding carboxylic acids is 1. The van der Waals surface area contributed by atoms with Crippen LogP contribution in [-0.2, 0) is 4.74 Å². The standard InChI is InChI=1S/C10H10O3S/c11-10-13-9(7-14-10)6-12-8-4-2-1-3-5-8/h1-5,9H,6-7H2. The highest BCUT2D eigenvalue weighted by molar-refractivity contribution is 8.13. The van der Waals surface area contributed by atoms with Crippen molar-refractivity contribution >= 4 is 17.1 Å². The van der Waals surface area contributed by atoms with Gasteiger partial charge in [-0.25, -0.2) is 4.79 Å². The van der Waals surface area contributed by atoms with Crippen LogP contribution in [0.3, 0.4) is 0 Å². The number of carbonyl (C=O) groups is 1. The first-order valence-electron chi connectivity index (χ1n) is 4.36. The number of hydrogen-bond donors (Lipinski definition) is 0. The molecule has 2 rings (SSSR count). The zero-order valence-corrected chi connectivity index (χ0v) is 8.33. The van der Waals surface area contributed by atoms with Gasteiger partial charge in [0.05, 0.1) is 0 Å². The van der Waals surface area contributed by atoms with E-state index < -0.39 is 0 Å². The smallest absolute Gasteiger partial charge is 0.367 e. The van der Waals surface area contributed by atoms with Gasteiger partial charge in [0.15, 0.2) is 0 Å². The lowest BCUT2D eigenvalue weighted by molar-refractivity contribution is 0.106. The summed E-state index contributed by atoms with van der Waals surface area (Å²) in [5, 5.41) is -0.202. The van der Waals surface area contributed by atoms with E-state index in [-0.39, 0.29) is 11.4 Å². The average Bonchev–Trinajstić information content (AvgIpc) is 2.63. The summed E-state index contributed by atoms with van der Waals surface area (Å²) < 4.78 is 10.4. The number of rotatable bonds is 3. The molecule has 74 valence electrons. The van der Waals surface area contributed by atoms with Crippen molar-refractivity contribution in [2.75, 3.05) is 12.4 Å². The molecule has 0 bridgehead atoms. The van der Waals surface area contributed by atoms with Crippen LogP contribution in [0.15, 0.2) is 30.3 Å². The fourth-order valence-electron chi connectivity index (χ4n) is 1.15. The predicted molar refractivity (Wildman–Crippen MR) is 54.7 cm³/mol. The molecule has 0 amide bonds. The Morgan fingerprint density at radius 2 is 2.21 bits per heavy atom. The number of para-hydroxylation sites is 1. The highest BCUT2D eigenvalue weighted by Gasteiger charge is 2.24. The van der Waals surface area contributed by atoms with Crippen molar-refractivity contribution in [2.45, 2.75) is 6.10 Å². The molecule has 1 aliphatic heterocycles. The maximum Gasteiger partial charge on any atom is 0.367 e. The number of benzene rings is 1. The van der Waals surface area contributed by atoms with Crippen molar-refractivity contribution in [1.29, 1.82) is 0 Å². The van der Waals surface area contributed by atoms with Gasteiger partial charge in [-0.3, -0.25) is 0 Å². The molecule has 14 heavy (non-hydrogen) atoms. The van der Waals surface area contributed by atoms with E-state index in [0.717, 1.165) is 5.75 Å². The van der Waals surface area contributed by atoms with Crippen molar-refractivity contribution in [3.63, 3.8) is 0 Å². The van der Waals surface area contributed by atoms with Gasteiger partial charge in [-0.15, -0.1) is 0 Å².